The van der Waals surface area contributed by atoms with Crippen LogP contribution in [-0.4, -0.2) is 41.0 Å². The van der Waals surface area contributed by atoms with E-state index in [1.165, 1.54) is 25.2 Å². The topological polar surface area (TPSA) is 102 Å². The van der Waals surface area contributed by atoms with Crippen molar-refractivity contribution in [3.05, 3.63) is 77.9 Å². The van der Waals surface area contributed by atoms with Gasteiger partial charge in [0.1, 0.15) is 6.54 Å². The van der Waals surface area contributed by atoms with Crippen molar-refractivity contribution >= 4 is 33.0 Å². The molecule has 1 heterocycles. The standard InChI is InChI=1S/C26H26N2O6S/c1-17-8-4-5-9-19(17)27-25(29)16-28-20-10-6-7-11-23(20)35(31,32)24(15-26(28)30)18-12-13-21(33-2)22(14-18)34-3/h4-14,24H,15-16H2,1-3H3,(H,27,29). The first kappa shape index (κ1) is 24.3. The van der Waals surface area contributed by atoms with Gasteiger partial charge in [0.2, 0.25) is 11.8 Å². The Bertz CT molecular complexity index is 1390. The highest BCUT2D eigenvalue weighted by Crippen LogP contribution is 2.42. The molecule has 2 amide bonds. The lowest BCUT2D eigenvalue weighted by atomic mass is 10.1. The summed E-state index contributed by atoms with van der Waals surface area (Å²) in [5.74, 6) is -0.0918. The first-order valence-electron chi connectivity index (χ1n) is 11.0. The number of sulfone groups is 1. The van der Waals surface area contributed by atoms with E-state index >= 15 is 0 Å². The van der Waals surface area contributed by atoms with Crippen LogP contribution in [0, 0.1) is 6.92 Å². The molecule has 0 spiro atoms. The fraction of sp³-hybridized carbons (Fsp3) is 0.231. The van der Waals surface area contributed by atoms with Crippen molar-refractivity contribution in [2.24, 2.45) is 0 Å². The lowest BCUT2D eigenvalue weighted by molar-refractivity contribution is -0.121. The third-order valence-electron chi connectivity index (χ3n) is 6.00. The zero-order chi connectivity index (χ0) is 25.2. The maximum Gasteiger partial charge on any atom is 0.244 e. The lowest BCUT2D eigenvalue weighted by Gasteiger charge is -2.22. The van der Waals surface area contributed by atoms with Crippen molar-refractivity contribution in [1.82, 2.24) is 0 Å². The molecule has 0 saturated heterocycles. The molecule has 1 unspecified atom stereocenters. The van der Waals surface area contributed by atoms with Gasteiger partial charge in [-0.25, -0.2) is 8.42 Å². The van der Waals surface area contributed by atoms with Crippen LogP contribution in [-0.2, 0) is 19.4 Å². The van der Waals surface area contributed by atoms with Crippen LogP contribution in [0.1, 0.15) is 22.8 Å². The number of fused-ring (bicyclic) bond motifs is 1. The molecular formula is C26H26N2O6S. The van der Waals surface area contributed by atoms with E-state index in [1.54, 1.807) is 48.5 Å². The summed E-state index contributed by atoms with van der Waals surface area (Å²) >= 11 is 0. The van der Waals surface area contributed by atoms with Gasteiger partial charge in [-0.1, -0.05) is 36.4 Å². The summed E-state index contributed by atoms with van der Waals surface area (Å²) in [5, 5.41) is 1.66. The number of anilines is 2. The van der Waals surface area contributed by atoms with Crippen molar-refractivity contribution in [2.45, 2.75) is 23.5 Å². The molecule has 1 aliphatic heterocycles. The molecule has 0 saturated carbocycles. The van der Waals surface area contributed by atoms with Crippen LogP contribution in [0.5, 0.6) is 11.5 Å². The molecule has 8 nitrogen and oxygen atoms in total. The van der Waals surface area contributed by atoms with Crippen molar-refractivity contribution < 1.29 is 27.5 Å². The maximum absolute atomic E-state index is 13.7. The minimum Gasteiger partial charge on any atom is -0.493 e. The number of carbonyl (C=O) groups is 2. The molecule has 0 radical (unpaired) electrons. The van der Waals surface area contributed by atoms with E-state index in [0.29, 0.717) is 22.7 Å². The molecule has 1 N–H and O–H groups in total. The summed E-state index contributed by atoms with van der Waals surface area (Å²) in [6.45, 7) is 1.54. The van der Waals surface area contributed by atoms with Crippen molar-refractivity contribution in [1.29, 1.82) is 0 Å². The van der Waals surface area contributed by atoms with Crippen LogP contribution in [0.15, 0.2) is 71.6 Å². The normalized spacial score (nSPS) is 16.7. The molecule has 182 valence electrons. The molecular weight excluding hydrogens is 468 g/mol. The Morgan fingerprint density at radius 2 is 1.69 bits per heavy atom. The predicted molar refractivity (Wildman–Crippen MR) is 133 cm³/mol. The van der Waals surface area contributed by atoms with Gasteiger partial charge in [0.05, 0.1) is 30.1 Å². The number of amides is 2. The number of carbonyl (C=O) groups excluding carboxylic acids is 2. The molecule has 0 bridgehead atoms. The van der Waals surface area contributed by atoms with Crippen LogP contribution in [0.2, 0.25) is 0 Å². The Morgan fingerprint density at radius 3 is 2.40 bits per heavy atom. The van der Waals surface area contributed by atoms with Crippen molar-refractivity contribution in [2.75, 3.05) is 31.0 Å². The van der Waals surface area contributed by atoms with Gasteiger partial charge in [-0.3, -0.25) is 9.59 Å². The average Bonchev–Trinajstić information content (AvgIpc) is 2.93. The van der Waals surface area contributed by atoms with E-state index < -0.39 is 26.9 Å². The number of methoxy groups -OCH3 is 2. The number of para-hydroxylation sites is 2. The van der Waals surface area contributed by atoms with Gasteiger partial charge >= 0.3 is 0 Å². The molecule has 35 heavy (non-hydrogen) atoms. The summed E-state index contributed by atoms with van der Waals surface area (Å²) in [6.07, 6.45) is -0.329. The number of hydrogen-bond acceptors (Lipinski definition) is 6. The third-order valence-corrected chi connectivity index (χ3v) is 8.14. The second-order valence-electron chi connectivity index (χ2n) is 8.16. The van der Waals surface area contributed by atoms with E-state index in [1.807, 2.05) is 19.1 Å². The first-order valence-corrected chi connectivity index (χ1v) is 12.5. The Balaban J connectivity index is 1.72. The van der Waals surface area contributed by atoms with Crippen LogP contribution in [0.25, 0.3) is 0 Å². The van der Waals surface area contributed by atoms with E-state index in [9.17, 15) is 18.0 Å². The van der Waals surface area contributed by atoms with Crippen LogP contribution in [0.3, 0.4) is 0 Å². The molecule has 3 aromatic rings. The number of ether oxygens (including phenoxy) is 2. The molecule has 3 aromatic carbocycles. The number of aryl methyl sites for hydroxylation is 1. The van der Waals surface area contributed by atoms with E-state index in [4.69, 9.17) is 9.47 Å². The number of nitrogens with zero attached hydrogens (tertiary/aromatic N) is 1. The van der Waals surface area contributed by atoms with Gasteiger partial charge in [-0.15, -0.1) is 0 Å². The number of hydrogen-bond donors (Lipinski definition) is 1. The van der Waals surface area contributed by atoms with E-state index in [-0.39, 0.29) is 23.5 Å². The quantitative estimate of drug-likeness (QED) is 0.558. The second kappa shape index (κ2) is 9.79. The second-order valence-corrected chi connectivity index (χ2v) is 10.3. The predicted octanol–water partition coefficient (Wildman–Crippen LogP) is 3.90. The largest absolute Gasteiger partial charge is 0.493 e. The number of benzene rings is 3. The maximum atomic E-state index is 13.7. The molecule has 4 rings (SSSR count). The zero-order valence-electron chi connectivity index (χ0n) is 19.6. The summed E-state index contributed by atoms with van der Waals surface area (Å²) in [5.41, 5.74) is 2.08. The summed E-state index contributed by atoms with van der Waals surface area (Å²) in [6, 6.07) is 18.3. The van der Waals surface area contributed by atoms with Gasteiger partial charge in [-0.2, -0.15) is 0 Å². The Morgan fingerprint density at radius 1 is 1.00 bits per heavy atom. The van der Waals surface area contributed by atoms with Crippen LogP contribution >= 0.6 is 0 Å². The zero-order valence-corrected chi connectivity index (χ0v) is 20.5. The summed E-state index contributed by atoms with van der Waals surface area (Å²) in [4.78, 5) is 27.5. The number of nitrogens with one attached hydrogen (secondary N) is 1. The Hall–Kier alpha value is -3.85. The lowest BCUT2D eigenvalue weighted by Crippen LogP contribution is -2.38. The highest BCUT2D eigenvalue weighted by molar-refractivity contribution is 7.92. The SMILES string of the molecule is COc1ccc(C2CC(=O)N(CC(=O)Nc3ccccc3C)c3ccccc3S2(=O)=O)cc1OC. The smallest absolute Gasteiger partial charge is 0.244 e. The third kappa shape index (κ3) is 4.72. The van der Waals surface area contributed by atoms with Gasteiger partial charge in [0.25, 0.3) is 0 Å². The molecule has 9 heteroatoms. The highest BCUT2D eigenvalue weighted by Gasteiger charge is 2.40. The van der Waals surface area contributed by atoms with Crippen LogP contribution < -0.4 is 19.7 Å². The van der Waals surface area contributed by atoms with Gasteiger partial charge in [-0.05, 0) is 48.4 Å². The van der Waals surface area contributed by atoms with Crippen LogP contribution in [0.4, 0.5) is 11.4 Å². The average molecular weight is 495 g/mol. The minimum absolute atomic E-state index is 0.00525. The summed E-state index contributed by atoms with van der Waals surface area (Å²) < 4.78 is 38.1. The molecule has 1 aliphatic rings. The fourth-order valence-corrected chi connectivity index (χ4v) is 6.07. The van der Waals surface area contributed by atoms with E-state index in [2.05, 4.69) is 5.32 Å². The molecule has 0 fully saturated rings. The minimum atomic E-state index is -3.97. The summed E-state index contributed by atoms with van der Waals surface area (Å²) in [7, 11) is -1.03. The van der Waals surface area contributed by atoms with Gasteiger partial charge < -0.3 is 19.7 Å². The molecule has 0 aliphatic carbocycles. The van der Waals surface area contributed by atoms with Gasteiger partial charge in [0.15, 0.2) is 21.3 Å². The Kier molecular flexibility index (Phi) is 6.79. The first-order chi connectivity index (χ1) is 16.8. The molecule has 1 atom stereocenters. The van der Waals surface area contributed by atoms with Gasteiger partial charge in [0, 0.05) is 12.1 Å². The molecule has 0 aromatic heterocycles. The van der Waals surface area contributed by atoms with Crippen molar-refractivity contribution in [3.8, 4) is 11.5 Å². The van der Waals surface area contributed by atoms with E-state index in [0.717, 1.165) is 5.56 Å². The Labute approximate surface area is 204 Å². The number of rotatable bonds is 6. The highest BCUT2D eigenvalue weighted by atomic mass is 32.2. The fourth-order valence-electron chi connectivity index (χ4n) is 4.16. The van der Waals surface area contributed by atoms with Crippen molar-refractivity contribution in [3.63, 3.8) is 0 Å². The monoisotopic (exact) mass is 494 g/mol.